The zero-order valence-electron chi connectivity index (χ0n) is 12.8. The summed E-state index contributed by atoms with van der Waals surface area (Å²) in [5.41, 5.74) is 1.09. The Hall–Kier alpha value is -1.24. The summed E-state index contributed by atoms with van der Waals surface area (Å²) in [5, 5.41) is 8.96. The van der Waals surface area contributed by atoms with Crippen molar-refractivity contribution in [1.29, 1.82) is 0 Å². The van der Waals surface area contributed by atoms with Gasteiger partial charge in [0, 0.05) is 0 Å². The first kappa shape index (κ1) is 15.6. The minimum Gasteiger partial charge on any atom is -0.392 e. The van der Waals surface area contributed by atoms with Crippen molar-refractivity contribution in [2.75, 3.05) is 6.61 Å². The molecule has 0 bridgehead atoms. The van der Waals surface area contributed by atoms with Gasteiger partial charge in [-0.25, -0.2) is 0 Å². The molecule has 22 heavy (non-hydrogen) atoms. The molecule has 3 rings (SSSR count). The van der Waals surface area contributed by atoms with Crippen LogP contribution in [-0.2, 0) is 25.6 Å². The van der Waals surface area contributed by atoms with Gasteiger partial charge in [-0.1, -0.05) is 42.5 Å². The molecular weight excluding hydrogens is 284 g/mol. The van der Waals surface area contributed by atoms with E-state index < -0.39 is 12.1 Å². The third-order valence-electron chi connectivity index (χ3n) is 3.74. The van der Waals surface area contributed by atoms with Crippen LogP contribution in [0.25, 0.3) is 0 Å². The van der Waals surface area contributed by atoms with Gasteiger partial charge < -0.3 is 24.1 Å². The summed E-state index contributed by atoms with van der Waals surface area (Å²) < 4.78 is 23.6. The van der Waals surface area contributed by atoms with E-state index in [9.17, 15) is 0 Å². The maximum absolute atomic E-state index is 8.96. The van der Waals surface area contributed by atoms with E-state index >= 15 is 0 Å². The van der Waals surface area contributed by atoms with E-state index in [1.54, 1.807) is 12.2 Å². The van der Waals surface area contributed by atoms with Crippen molar-refractivity contribution < 1.29 is 24.1 Å². The van der Waals surface area contributed by atoms with Crippen LogP contribution in [0.1, 0.15) is 19.4 Å². The maximum atomic E-state index is 8.96. The van der Waals surface area contributed by atoms with Gasteiger partial charge in [-0.15, -0.1) is 0 Å². The molecule has 1 unspecified atom stereocenters. The van der Waals surface area contributed by atoms with Gasteiger partial charge in [-0.3, -0.25) is 0 Å². The molecule has 0 amide bonds. The molecule has 0 saturated carbocycles. The molecule has 5 nitrogen and oxygen atoms in total. The molecular formula is C17H22O5. The lowest BCUT2D eigenvalue weighted by Gasteiger charge is -2.24. The number of hydrogen-bond acceptors (Lipinski definition) is 5. The Balaban J connectivity index is 1.70. The van der Waals surface area contributed by atoms with E-state index in [0.717, 1.165) is 5.56 Å². The van der Waals surface area contributed by atoms with Crippen molar-refractivity contribution in [3.63, 3.8) is 0 Å². The van der Waals surface area contributed by atoms with Gasteiger partial charge in [0.2, 0.25) is 0 Å². The van der Waals surface area contributed by atoms with E-state index in [-0.39, 0.29) is 24.9 Å². The highest BCUT2D eigenvalue weighted by molar-refractivity contribution is 5.14. The van der Waals surface area contributed by atoms with Crippen LogP contribution in [0.4, 0.5) is 0 Å². The summed E-state index contributed by atoms with van der Waals surface area (Å²) in [5.74, 6) is -0.671. The summed E-state index contributed by atoms with van der Waals surface area (Å²) in [6, 6.07) is 9.97. The largest absolute Gasteiger partial charge is 0.392 e. The highest BCUT2D eigenvalue weighted by Gasteiger charge is 2.54. The van der Waals surface area contributed by atoms with E-state index in [1.165, 1.54) is 0 Å². The van der Waals surface area contributed by atoms with Gasteiger partial charge >= 0.3 is 0 Å². The molecule has 0 aromatic heterocycles. The molecule has 2 aliphatic heterocycles. The fraction of sp³-hybridized carbons (Fsp3) is 0.529. The summed E-state index contributed by atoms with van der Waals surface area (Å²) in [4.78, 5) is 0. The van der Waals surface area contributed by atoms with Crippen molar-refractivity contribution in [3.05, 3.63) is 48.0 Å². The van der Waals surface area contributed by atoms with Crippen LogP contribution < -0.4 is 0 Å². The summed E-state index contributed by atoms with van der Waals surface area (Å²) in [7, 11) is 0. The van der Waals surface area contributed by atoms with Crippen molar-refractivity contribution in [2.24, 2.45) is 0 Å². The summed E-state index contributed by atoms with van der Waals surface area (Å²) in [6.07, 6.45) is 2.18. The van der Waals surface area contributed by atoms with E-state index in [4.69, 9.17) is 24.1 Å². The predicted octanol–water partition coefficient (Wildman–Crippen LogP) is 2.00. The Kier molecular flexibility index (Phi) is 4.61. The van der Waals surface area contributed by atoms with Gasteiger partial charge in [-0.2, -0.15) is 0 Å². The van der Waals surface area contributed by atoms with Gasteiger partial charge in [0.25, 0.3) is 0 Å². The number of benzene rings is 1. The molecule has 0 radical (unpaired) electrons. The normalized spacial score (nSPS) is 33.4. The molecule has 2 fully saturated rings. The number of fused-ring (bicyclic) bond motifs is 1. The molecule has 5 heteroatoms. The number of ether oxygens (including phenoxy) is 4. The molecule has 2 aliphatic rings. The Labute approximate surface area is 130 Å². The monoisotopic (exact) mass is 306 g/mol. The molecule has 0 aliphatic carbocycles. The minimum atomic E-state index is -0.671. The van der Waals surface area contributed by atoms with Crippen LogP contribution in [0.3, 0.4) is 0 Å². The van der Waals surface area contributed by atoms with E-state index in [2.05, 4.69) is 0 Å². The quantitative estimate of drug-likeness (QED) is 0.843. The van der Waals surface area contributed by atoms with Crippen LogP contribution in [0.5, 0.6) is 0 Å². The lowest BCUT2D eigenvalue weighted by atomic mass is 10.1. The number of aliphatic hydroxyl groups excluding tert-OH is 1. The third kappa shape index (κ3) is 3.39. The van der Waals surface area contributed by atoms with Crippen LogP contribution in [0, 0.1) is 0 Å². The highest BCUT2D eigenvalue weighted by atomic mass is 16.8. The van der Waals surface area contributed by atoms with Crippen molar-refractivity contribution >= 4 is 0 Å². The lowest BCUT2D eigenvalue weighted by Crippen LogP contribution is -2.36. The molecule has 1 N–H and O–H groups in total. The maximum Gasteiger partial charge on any atom is 0.190 e. The van der Waals surface area contributed by atoms with Crippen molar-refractivity contribution in [2.45, 2.75) is 50.8 Å². The topological polar surface area (TPSA) is 57.2 Å². The fourth-order valence-electron chi connectivity index (χ4n) is 2.81. The standard InChI is InChI=1S/C17H22O5/c1-17(2)21-15-14(19-11-12-7-4-3-5-8-12)13(9-6-10-18)20-16(15)22-17/h3-9,13-16,18H,10-11H2,1-2H3/b9-6+/t13?,14-,15+,16+/m0/s1. The second-order valence-corrected chi connectivity index (χ2v) is 5.94. The second kappa shape index (κ2) is 6.48. The number of aliphatic hydroxyl groups is 1. The zero-order chi connectivity index (χ0) is 15.6. The lowest BCUT2D eigenvalue weighted by molar-refractivity contribution is -0.213. The molecule has 2 heterocycles. The second-order valence-electron chi connectivity index (χ2n) is 5.94. The first-order chi connectivity index (χ1) is 10.6. The van der Waals surface area contributed by atoms with Gasteiger partial charge in [0.15, 0.2) is 12.1 Å². The van der Waals surface area contributed by atoms with Crippen LogP contribution in [0.15, 0.2) is 42.5 Å². The van der Waals surface area contributed by atoms with E-state index in [0.29, 0.717) is 6.61 Å². The Morgan fingerprint density at radius 1 is 1.23 bits per heavy atom. The van der Waals surface area contributed by atoms with Crippen LogP contribution >= 0.6 is 0 Å². The number of hydrogen-bond donors (Lipinski definition) is 1. The number of rotatable bonds is 5. The van der Waals surface area contributed by atoms with Crippen LogP contribution in [0.2, 0.25) is 0 Å². The first-order valence-corrected chi connectivity index (χ1v) is 7.53. The SMILES string of the molecule is CC1(C)O[C@H]2OC(/C=C/CO)[C@H](OCc3ccccc3)[C@H]2O1. The predicted molar refractivity (Wildman–Crippen MR) is 79.9 cm³/mol. The Morgan fingerprint density at radius 2 is 2.00 bits per heavy atom. The van der Waals surface area contributed by atoms with Gasteiger partial charge in [-0.05, 0) is 19.4 Å². The first-order valence-electron chi connectivity index (χ1n) is 7.53. The molecule has 1 aromatic rings. The molecule has 4 atom stereocenters. The van der Waals surface area contributed by atoms with Gasteiger partial charge in [0.1, 0.15) is 18.3 Å². The Morgan fingerprint density at radius 3 is 2.73 bits per heavy atom. The highest BCUT2D eigenvalue weighted by Crippen LogP contribution is 2.39. The average molecular weight is 306 g/mol. The minimum absolute atomic E-state index is 0.0339. The molecule has 1 aromatic carbocycles. The summed E-state index contributed by atoms with van der Waals surface area (Å²) in [6.45, 7) is 4.17. The smallest absolute Gasteiger partial charge is 0.190 e. The molecule has 120 valence electrons. The Bertz CT molecular complexity index is 513. The third-order valence-corrected chi connectivity index (χ3v) is 3.74. The van der Waals surface area contributed by atoms with E-state index in [1.807, 2.05) is 44.2 Å². The molecule has 2 saturated heterocycles. The average Bonchev–Trinajstić information content (AvgIpc) is 2.95. The van der Waals surface area contributed by atoms with Crippen molar-refractivity contribution in [1.82, 2.24) is 0 Å². The fourth-order valence-corrected chi connectivity index (χ4v) is 2.81. The molecule has 0 spiro atoms. The summed E-state index contributed by atoms with van der Waals surface area (Å²) >= 11 is 0. The zero-order valence-corrected chi connectivity index (χ0v) is 12.8. The van der Waals surface area contributed by atoms with Crippen molar-refractivity contribution in [3.8, 4) is 0 Å². The van der Waals surface area contributed by atoms with Crippen LogP contribution in [-0.4, -0.2) is 42.1 Å². The van der Waals surface area contributed by atoms with Gasteiger partial charge in [0.05, 0.1) is 13.2 Å².